The molecule has 2 aromatic heterocycles. The summed E-state index contributed by atoms with van der Waals surface area (Å²) in [5.41, 5.74) is 1.11. The quantitative estimate of drug-likeness (QED) is 0.788. The molecule has 158 valence electrons. The fraction of sp³-hybridized carbons (Fsp3) is 0.700. The molecule has 2 saturated heterocycles. The van der Waals surface area contributed by atoms with Crippen LogP contribution in [0, 0.1) is 6.92 Å². The molecule has 9 heteroatoms. The minimum atomic E-state index is -0.235. The first kappa shape index (κ1) is 20.0. The third-order valence-corrected chi connectivity index (χ3v) is 6.20. The van der Waals surface area contributed by atoms with E-state index in [9.17, 15) is 4.79 Å². The lowest BCUT2D eigenvalue weighted by molar-refractivity contribution is 0.0610. The number of rotatable bonds is 6. The Balaban J connectivity index is 1.48. The Morgan fingerprint density at radius 3 is 2.76 bits per heavy atom. The zero-order valence-electron chi connectivity index (χ0n) is 17.1. The maximum Gasteiger partial charge on any atom is 0.274 e. The monoisotopic (exact) mass is 403 g/mol. The topological polar surface area (TPSA) is 106 Å². The number of likely N-dealkylation sites (tertiary alicyclic amines) is 1. The number of nitrogens with zero attached hydrogens (tertiary/aromatic N) is 4. The average Bonchev–Trinajstić information content (AvgIpc) is 3.43. The number of nitrogens with one attached hydrogen (secondary N) is 1. The molecule has 1 amide bonds. The lowest BCUT2D eigenvalue weighted by Gasteiger charge is -2.39. The number of aromatic nitrogens is 4. The van der Waals surface area contributed by atoms with Crippen LogP contribution in [0.3, 0.4) is 0 Å². The molecular weight excluding hydrogens is 374 g/mol. The standard InChI is InChI=1S/C20H29N5O4/c1-14-13-16(23-22-14)18(26)25-8-5-20(6-9-25,7-12-27-2)19-21-17(29-24-19)15-3-10-28-11-4-15/h13,15H,3-12H2,1-2H3,(H,22,23). The Hall–Kier alpha value is -2.26. The molecule has 2 fully saturated rings. The van der Waals surface area contributed by atoms with Crippen LogP contribution in [0.2, 0.25) is 0 Å². The molecule has 4 heterocycles. The van der Waals surface area contributed by atoms with E-state index in [0.29, 0.717) is 31.3 Å². The molecule has 0 saturated carbocycles. The molecule has 0 spiro atoms. The first-order valence-electron chi connectivity index (χ1n) is 10.3. The summed E-state index contributed by atoms with van der Waals surface area (Å²) in [6.45, 7) is 5.25. The number of piperidine rings is 1. The maximum absolute atomic E-state index is 12.7. The van der Waals surface area contributed by atoms with Crippen LogP contribution in [0.4, 0.5) is 0 Å². The molecule has 2 aliphatic rings. The number of carbonyl (C=O) groups excluding carboxylic acids is 1. The van der Waals surface area contributed by atoms with Crippen LogP contribution in [0.1, 0.15) is 65.9 Å². The zero-order valence-corrected chi connectivity index (χ0v) is 17.1. The van der Waals surface area contributed by atoms with E-state index in [-0.39, 0.29) is 17.2 Å². The second kappa shape index (κ2) is 8.62. The second-order valence-corrected chi connectivity index (χ2v) is 8.09. The van der Waals surface area contributed by atoms with E-state index < -0.39 is 0 Å². The fourth-order valence-electron chi connectivity index (χ4n) is 4.27. The Morgan fingerprint density at radius 1 is 1.34 bits per heavy atom. The molecule has 0 atom stereocenters. The zero-order chi connectivity index (χ0) is 20.3. The summed E-state index contributed by atoms with van der Waals surface area (Å²) in [5.74, 6) is 1.70. The second-order valence-electron chi connectivity index (χ2n) is 8.09. The molecule has 4 rings (SSSR count). The summed E-state index contributed by atoms with van der Waals surface area (Å²) in [6.07, 6.45) is 4.19. The number of carbonyl (C=O) groups is 1. The third kappa shape index (κ3) is 4.20. The number of hydrogen-bond donors (Lipinski definition) is 1. The number of aromatic amines is 1. The van der Waals surface area contributed by atoms with Crippen molar-refractivity contribution >= 4 is 5.91 Å². The van der Waals surface area contributed by atoms with Crippen LogP contribution in [0.25, 0.3) is 0 Å². The third-order valence-electron chi connectivity index (χ3n) is 6.20. The van der Waals surface area contributed by atoms with E-state index in [1.54, 1.807) is 13.2 Å². The lowest BCUT2D eigenvalue weighted by Crippen LogP contribution is -2.46. The molecular formula is C20H29N5O4. The van der Waals surface area contributed by atoms with Gasteiger partial charge in [0.05, 0.1) is 0 Å². The van der Waals surface area contributed by atoms with Crippen LogP contribution in [0.5, 0.6) is 0 Å². The van der Waals surface area contributed by atoms with Gasteiger partial charge in [0.2, 0.25) is 5.89 Å². The highest BCUT2D eigenvalue weighted by Crippen LogP contribution is 2.38. The average molecular weight is 403 g/mol. The molecule has 2 aliphatic heterocycles. The minimum Gasteiger partial charge on any atom is -0.385 e. The van der Waals surface area contributed by atoms with Gasteiger partial charge in [-0.2, -0.15) is 10.1 Å². The number of amides is 1. The van der Waals surface area contributed by atoms with Gasteiger partial charge in [-0.05, 0) is 45.1 Å². The molecule has 2 aromatic rings. The van der Waals surface area contributed by atoms with Crippen LogP contribution >= 0.6 is 0 Å². The summed E-state index contributed by atoms with van der Waals surface area (Å²) in [4.78, 5) is 19.4. The van der Waals surface area contributed by atoms with Gasteiger partial charge in [-0.1, -0.05) is 5.16 Å². The van der Waals surface area contributed by atoms with E-state index in [1.165, 1.54) is 0 Å². The molecule has 0 radical (unpaired) electrons. The van der Waals surface area contributed by atoms with Gasteiger partial charge in [-0.25, -0.2) is 0 Å². The Labute approximate surface area is 170 Å². The first-order valence-corrected chi connectivity index (χ1v) is 10.3. The summed E-state index contributed by atoms with van der Waals surface area (Å²) in [6, 6.07) is 1.79. The lowest BCUT2D eigenvalue weighted by atomic mass is 9.75. The van der Waals surface area contributed by atoms with Crippen molar-refractivity contribution in [3.8, 4) is 0 Å². The highest BCUT2D eigenvalue weighted by atomic mass is 16.5. The van der Waals surface area contributed by atoms with E-state index >= 15 is 0 Å². The Kier molecular flexibility index (Phi) is 5.96. The normalized spacial score (nSPS) is 20.1. The molecule has 0 bridgehead atoms. The predicted octanol–water partition coefficient (Wildman–Crippen LogP) is 2.21. The SMILES string of the molecule is COCCC1(c2noc(C3CCOCC3)n2)CCN(C(=O)c2cc(C)[nH]n2)CC1. The van der Waals surface area contributed by atoms with Gasteiger partial charge in [0, 0.05) is 57.0 Å². The number of H-pyrrole nitrogens is 1. The van der Waals surface area contributed by atoms with Gasteiger partial charge in [-0.3, -0.25) is 9.89 Å². The minimum absolute atomic E-state index is 0.0364. The van der Waals surface area contributed by atoms with Gasteiger partial charge >= 0.3 is 0 Å². The van der Waals surface area contributed by atoms with Crippen molar-refractivity contribution in [1.82, 2.24) is 25.2 Å². The predicted molar refractivity (Wildman–Crippen MR) is 104 cm³/mol. The molecule has 1 N–H and O–H groups in total. The van der Waals surface area contributed by atoms with Crippen molar-refractivity contribution in [2.75, 3.05) is 40.0 Å². The van der Waals surface area contributed by atoms with Crippen molar-refractivity contribution in [2.45, 2.75) is 50.4 Å². The fourth-order valence-corrected chi connectivity index (χ4v) is 4.27. The molecule has 0 aliphatic carbocycles. The van der Waals surface area contributed by atoms with Gasteiger partial charge in [0.25, 0.3) is 5.91 Å². The largest absolute Gasteiger partial charge is 0.385 e. The first-order chi connectivity index (χ1) is 14.1. The van der Waals surface area contributed by atoms with Crippen LogP contribution in [0.15, 0.2) is 10.6 Å². The van der Waals surface area contributed by atoms with Gasteiger partial charge in [0.15, 0.2) is 5.82 Å². The van der Waals surface area contributed by atoms with Crippen molar-refractivity contribution in [3.05, 3.63) is 29.2 Å². The molecule has 0 unspecified atom stereocenters. The van der Waals surface area contributed by atoms with E-state index in [0.717, 1.165) is 56.8 Å². The molecule has 9 nitrogen and oxygen atoms in total. The van der Waals surface area contributed by atoms with Crippen molar-refractivity contribution in [2.24, 2.45) is 0 Å². The van der Waals surface area contributed by atoms with Crippen molar-refractivity contribution < 1.29 is 18.8 Å². The summed E-state index contributed by atoms with van der Waals surface area (Å²) in [7, 11) is 1.70. The summed E-state index contributed by atoms with van der Waals surface area (Å²) in [5, 5.41) is 11.3. The highest BCUT2D eigenvalue weighted by molar-refractivity contribution is 5.92. The number of methoxy groups -OCH3 is 1. The number of ether oxygens (including phenoxy) is 2. The van der Waals surface area contributed by atoms with Gasteiger partial charge in [0.1, 0.15) is 5.69 Å². The maximum atomic E-state index is 12.7. The van der Waals surface area contributed by atoms with Crippen molar-refractivity contribution in [3.63, 3.8) is 0 Å². The van der Waals surface area contributed by atoms with Gasteiger partial charge < -0.3 is 18.9 Å². The summed E-state index contributed by atoms with van der Waals surface area (Å²) < 4.78 is 16.5. The highest BCUT2D eigenvalue weighted by Gasteiger charge is 2.42. The van der Waals surface area contributed by atoms with Crippen LogP contribution < -0.4 is 0 Å². The number of hydrogen-bond acceptors (Lipinski definition) is 7. The molecule has 29 heavy (non-hydrogen) atoms. The van der Waals surface area contributed by atoms with E-state index in [1.807, 2.05) is 11.8 Å². The Bertz CT molecular complexity index is 818. The van der Waals surface area contributed by atoms with Crippen LogP contribution in [-0.2, 0) is 14.9 Å². The molecule has 0 aromatic carbocycles. The van der Waals surface area contributed by atoms with Crippen LogP contribution in [-0.4, -0.2) is 71.2 Å². The number of aryl methyl sites for hydroxylation is 1. The van der Waals surface area contributed by atoms with E-state index in [4.69, 9.17) is 19.0 Å². The van der Waals surface area contributed by atoms with Gasteiger partial charge in [-0.15, -0.1) is 0 Å². The Morgan fingerprint density at radius 2 is 2.10 bits per heavy atom. The smallest absolute Gasteiger partial charge is 0.274 e. The summed E-state index contributed by atoms with van der Waals surface area (Å²) >= 11 is 0. The van der Waals surface area contributed by atoms with Crippen molar-refractivity contribution in [1.29, 1.82) is 0 Å². The van der Waals surface area contributed by atoms with E-state index in [2.05, 4.69) is 15.4 Å².